The van der Waals surface area contributed by atoms with Crippen LogP contribution >= 0.6 is 12.2 Å². The van der Waals surface area contributed by atoms with Gasteiger partial charge in [-0.2, -0.15) is 0 Å². The molecule has 0 aliphatic carbocycles. The SMILES string of the molecule is COc1ccccc1CC(=S)N1CCOCC1. The minimum Gasteiger partial charge on any atom is -0.496 e. The summed E-state index contributed by atoms with van der Waals surface area (Å²) >= 11 is 5.48. The Morgan fingerprint density at radius 1 is 1.35 bits per heavy atom. The monoisotopic (exact) mass is 251 g/mol. The van der Waals surface area contributed by atoms with Gasteiger partial charge in [-0.25, -0.2) is 0 Å². The molecule has 1 aliphatic heterocycles. The lowest BCUT2D eigenvalue weighted by molar-refractivity contribution is 0.0684. The van der Waals surface area contributed by atoms with Crippen LogP contribution in [0.3, 0.4) is 0 Å². The van der Waals surface area contributed by atoms with Gasteiger partial charge < -0.3 is 14.4 Å². The molecule has 0 radical (unpaired) electrons. The summed E-state index contributed by atoms with van der Waals surface area (Å²) in [5.41, 5.74) is 1.14. The summed E-state index contributed by atoms with van der Waals surface area (Å²) in [6, 6.07) is 8.02. The fourth-order valence-electron chi connectivity index (χ4n) is 1.94. The second-order valence-electron chi connectivity index (χ2n) is 3.98. The second-order valence-corrected chi connectivity index (χ2v) is 4.45. The Hall–Kier alpha value is -1.13. The van der Waals surface area contributed by atoms with Crippen molar-refractivity contribution < 1.29 is 9.47 Å². The first kappa shape index (κ1) is 12.3. The predicted molar refractivity (Wildman–Crippen MR) is 71.7 cm³/mol. The molecule has 1 aromatic rings. The highest BCUT2D eigenvalue weighted by Gasteiger charge is 2.15. The zero-order valence-corrected chi connectivity index (χ0v) is 10.8. The van der Waals surface area contributed by atoms with E-state index >= 15 is 0 Å². The van der Waals surface area contributed by atoms with Crippen LogP contribution in [0.1, 0.15) is 5.56 Å². The van der Waals surface area contributed by atoms with Gasteiger partial charge in [0, 0.05) is 25.1 Å². The Bertz CT molecular complexity index is 389. The van der Waals surface area contributed by atoms with Gasteiger partial charge in [0.1, 0.15) is 5.75 Å². The number of thiocarbonyl (C=S) groups is 1. The van der Waals surface area contributed by atoms with E-state index < -0.39 is 0 Å². The molecule has 0 saturated carbocycles. The Balaban J connectivity index is 2.01. The number of para-hydroxylation sites is 1. The van der Waals surface area contributed by atoms with E-state index in [1.165, 1.54) is 0 Å². The van der Waals surface area contributed by atoms with Gasteiger partial charge >= 0.3 is 0 Å². The highest BCUT2D eigenvalue weighted by molar-refractivity contribution is 7.80. The molecule has 2 rings (SSSR count). The molecule has 92 valence electrons. The van der Waals surface area contributed by atoms with E-state index in [1.807, 2.05) is 18.2 Å². The lowest BCUT2D eigenvalue weighted by Gasteiger charge is -2.29. The summed E-state index contributed by atoms with van der Waals surface area (Å²) in [4.78, 5) is 3.18. The van der Waals surface area contributed by atoms with E-state index in [2.05, 4.69) is 11.0 Å². The van der Waals surface area contributed by atoms with Crippen molar-refractivity contribution >= 4 is 17.2 Å². The summed E-state index contributed by atoms with van der Waals surface area (Å²) in [5.74, 6) is 0.906. The fourth-order valence-corrected chi connectivity index (χ4v) is 2.27. The van der Waals surface area contributed by atoms with Gasteiger partial charge in [0.15, 0.2) is 0 Å². The van der Waals surface area contributed by atoms with Crippen LogP contribution in [0.4, 0.5) is 0 Å². The zero-order valence-electron chi connectivity index (χ0n) is 10.0. The maximum Gasteiger partial charge on any atom is 0.122 e. The largest absolute Gasteiger partial charge is 0.496 e. The molecule has 0 unspecified atom stereocenters. The van der Waals surface area contributed by atoms with Gasteiger partial charge in [0.05, 0.1) is 25.3 Å². The Kier molecular flexibility index (Phi) is 4.34. The van der Waals surface area contributed by atoms with Crippen LogP contribution in [0.25, 0.3) is 0 Å². The molecular weight excluding hydrogens is 234 g/mol. The van der Waals surface area contributed by atoms with Crippen molar-refractivity contribution in [3.63, 3.8) is 0 Å². The molecule has 0 N–H and O–H groups in total. The van der Waals surface area contributed by atoms with Crippen molar-refractivity contribution in [3.05, 3.63) is 29.8 Å². The van der Waals surface area contributed by atoms with Crippen LogP contribution in [0.15, 0.2) is 24.3 Å². The average molecular weight is 251 g/mol. The molecular formula is C13H17NO2S. The number of nitrogens with zero attached hydrogens (tertiary/aromatic N) is 1. The molecule has 0 atom stereocenters. The number of hydrogen-bond donors (Lipinski definition) is 0. The minimum atomic E-state index is 0.763. The molecule has 1 saturated heterocycles. The topological polar surface area (TPSA) is 21.7 Å². The Morgan fingerprint density at radius 3 is 2.76 bits per heavy atom. The first-order valence-electron chi connectivity index (χ1n) is 5.78. The van der Waals surface area contributed by atoms with Crippen LogP contribution in [-0.4, -0.2) is 43.3 Å². The first-order valence-corrected chi connectivity index (χ1v) is 6.19. The van der Waals surface area contributed by atoms with Gasteiger partial charge in [0.2, 0.25) is 0 Å². The third-order valence-corrected chi connectivity index (χ3v) is 3.30. The Morgan fingerprint density at radius 2 is 2.06 bits per heavy atom. The molecule has 4 heteroatoms. The van der Waals surface area contributed by atoms with Crippen molar-refractivity contribution in [2.24, 2.45) is 0 Å². The van der Waals surface area contributed by atoms with Crippen molar-refractivity contribution in [3.8, 4) is 5.75 Å². The lowest BCUT2D eigenvalue weighted by atomic mass is 10.1. The smallest absolute Gasteiger partial charge is 0.122 e. The maximum absolute atomic E-state index is 5.48. The van der Waals surface area contributed by atoms with Crippen LogP contribution in [0, 0.1) is 0 Å². The van der Waals surface area contributed by atoms with Crippen molar-refractivity contribution in [2.45, 2.75) is 6.42 Å². The molecule has 0 bridgehead atoms. The quantitative estimate of drug-likeness (QED) is 0.765. The summed E-state index contributed by atoms with van der Waals surface area (Å²) in [6.45, 7) is 3.33. The predicted octanol–water partition coefficient (Wildman–Crippen LogP) is 1.90. The van der Waals surface area contributed by atoms with Gasteiger partial charge in [-0.05, 0) is 6.07 Å². The second kappa shape index (κ2) is 5.98. The van der Waals surface area contributed by atoms with Crippen molar-refractivity contribution in [1.29, 1.82) is 0 Å². The number of methoxy groups -OCH3 is 1. The number of morpholine rings is 1. The molecule has 0 amide bonds. The molecule has 3 nitrogen and oxygen atoms in total. The molecule has 0 aromatic heterocycles. The van der Waals surface area contributed by atoms with E-state index in [0.29, 0.717) is 0 Å². The van der Waals surface area contributed by atoms with Gasteiger partial charge in [0.25, 0.3) is 0 Å². The zero-order chi connectivity index (χ0) is 12.1. The lowest BCUT2D eigenvalue weighted by Crippen LogP contribution is -2.40. The van der Waals surface area contributed by atoms with Crippen molar-refractivity contribution in [1.82, 2.24) is 4.90 Å². The summed E-state index contributed by atoms with van der Waals surface area (Å²) in [7, 11) is 1.69. The molecule has 1 aliphatic rings. The number of benzene rings is 1. The molecule has 1 heterocycles. The van der Waals surface area contributed by atoms with E-state index in [9.17, 15) is 0 Å². The standard InChI is InChI=1S/C13H17NO2S/c1-15-12-5-3-2-4-11(12)10-13(17)14-6-8-16-9-7-14/h2-5H,6-10H2,1H3. The number of ether oxygens (including phenoxy) is 2. The van der Waals surface area contributed by atoms with Crippen LogP contribution in [-0.2, 0) is 11.2 Å². The van der Waals surface area contributed by atoms with E-state index in [4.69, 9.17) is 21.7 Å². The molecule has 1 fully saturated rings. The average Bonchev–Trinajstić information content (AvgIpc) is 2.40. The Labute approximate surface area is 107 Å². The molecule has 0 spiro atoms. The van der Waals surface area contributed by atoms with E-state index in [-0.39, 0.29) is 0 Å². The highest BCUT2D eigenvalue weighted by atomic mass is 32.1. The summed E-state index contributed by atoms with van der Waals surface area (Å²) in [5, 5.41) is 0. The van der Waals surface area contributed by atoms with Crippen LogP contribution in [0.2, 0.25) is 0 Å². The normalized spacial score (nSPS) is 15.7. The third kappa shape index (κ3) is 3.17. The number of hydrogen-bond acceptors (Lipinski definition) is 3. The fraction of sp³-hybridized carbons (Fsp3) is 0.462. The number of rotatable bonds is 3. The van der Waals surface area contributed by atoms with Gasteiger partial charge in [-0.3, -0.25) is 0 Å². The summed E-state index contributed by atoms with van der Waals surface area (Å²) < 4.78 is 10.6. The molecule has 1 aromatic carbocycles. The van der Waals surface area contributed by atoms with E-state index in [0.717, 1.165) is 49.0 Å². The molecule has 17 heavy (non-hydrogen) atoms. The van der Waals surface area contributed by atoms with Crippen molar-refractivity contribution in [2.75, 3.05) is 33.4 Å². The highest BCUT2D eigenvalue weighted by Crippen LogP contribution is 2.19. The van der Waals surface area contributed by atoms with Gasteiger partial charge in [-0.1, -0.05) is 30.4 Å². The van der Waals surface area contributed by atoms with Crippen LogP contribution < -0.4 is 4.74 Å². The minimum absolute atomic E-state index is 0.763. The maximum atomic E-state index is 5.48. The summed E-state index contributed by atoms with van der Waals surface area (Å²) in [6.07, 6.45) is 0.763. The van der Waals surface area contributed by atoms with Gasteiger partial charge in [-0.15, -0.1) is 0 Å². The van der Waals surface area contributed by atoms with E-state index in [1.54, 1.807) is 7.11 Å². The first-order chi connectivity index (χ1) is 8.31. The third-order valence-electron chi connectivity index (χ3n) is 2.90. The van der Waals surface area contributed by atoms with Crippen LogP contribution in [0.5, 0.6) is 5.75 Å².